The Kier molecular flexibility index (Phi) is 4.32. The number of halogens is 1. The van der Waals surface area contributed by atoms with Crippen LogP contribution in [0.5, 0.6) is 5.75 Å². The molecule has 88 valence electrons. The van der Waals surface area contributed by atoms with Gasteiger partial charge in [-0.3, -0.25) is 4.79 Å². The first-order valence-electron chi connectivity index (χ1n) is 4.52. The number of Topliss-reactive ketones (excluding diaryl/α,β-unsaturated/α-hetero) is 1. The Balaban J connectivity index is 2.66. The van der Waals surface area contributed by atoms with E-state index >= 15 is 0 Å². The van der Waals surface area contributed by atoms with E-state index in [2.05, 4.69) is 0 Å². The van der Waals surface area contributed by atoms with Crippen molar-refractivity contribution in [3.63, 3.8) is 0 Å². The van der Waals surface area contributed by atoms with Crippen LogP contribution in [0.2, 0.25) is 0 Å². The summed E-state index contributed by atoms with van der Waals surface area (Å²) >= 11 is 0. The molecule has 0 atom stereocenters. The summed E-state index contributed by atoms with van der Waals surface area (Å²) in [5.41, 5.74) is 0.445. The number of carbonyl (C=O) groups excluding carboxylic acids is 1. The van der Waals surface area contributed by atoms with Crippen molar-refractivity contribution in [3.05, 3.63) is 29.8 Å². The molecule has 4 nitrogen and oxygen atoms in total. The highest BCUT2D eigenvalue weighted by molar-refractivity contribution is 8.13. The maximum atomic E-state index is 11.5. The van der Waals surface area contributed by atoms with E-state index in [0.717, 1.165) is 0 Å². The third kappa shape index (κ3) is 4.20. The van der Waals surface area contributed by atoms with Crippen molar-refractivity contribution >= 4 is 25.5 Å². The monoisotopic (exact) mass is 262 g/mol. The zero-order chi connectivity index (χ0) is 12.2. The average Bonchev–Trinajstić information content (AvgIpc) is 2.25. The topological polar surface area (TPSA) is 60.4 Å². The number of hydrogen-bond acceptors (Lipinski definition) is 4. The molecule has 0 amide bonds. The fourth-order valence-corrected chi connectivity index (χ4v) is 1.80. The minimum atomic E-state index is -3.61. The van der Waals surface area contributed by atoms with E-state index in [1.54, 1.807) is 24.3 Å². The predicted molar refractivity (Wildman–Crippen MR) is 61.6 cm³/mol. The molecule has 0 aliphatic heterocycles. The normalized spacial score (nSPS) is 11.1. The largest absolute Gasteiger partial charge is 0.497 e. The third-order valence-electron chi connectivity index (χ3n) is 1.98. The number of carbonyl (C=O) groups is 1. The minimum Gasteiger partial charge on any atom is -0.497 e. The second kappa shape index (κ2) is 5.32. The molecule has 0 heterocycles. The highest BCUT2D eigenvalue weighted by Gasteiger charge is 2.11. The van der Waals surface area contributed by atoms with E-state index in [9.17, 15) is 13.2 Å². The second-order valence-electron chi connectivity index (χ2n) is 3.14. The van der Waals surface area contributed by atoms with Gasteiger partial charge < -0.3 is 4.74 Å². The van der Waals surface area contributed by atoms with E-state index in [4.69, 9.17) is 15.4 Å². The van der Waals surface area contributed by atoms with Crippen LogP contribution in [0.3, 0.4) is 0 Å². The molecule has 0 radical (unpaired) electrons. The molecule has 0 bridgehead atoms. The van der Waals surface area contributed by atoms with Crippen LogP contribution in [0.15, 0.2) is 24.3 Å². The summed E-state index contributed by atoms with van der Waals surface area (Å²) in [4.78, 5) is 11.5. The lowest BCUT2D eigenvalue weighted by atomic mass is 10.1. The second-order valence-corrected chi connectivity index (χ2v) is 6.04. The Morgan fingerprint density at radius 1 is 1.31 bits per heavy atom. The summed E-state index contributed by atoms with van der Waals surface area (Å²) in [6.45, 7) is 0. The lowest BCUT2D eigenvalue weighted by molar-refractivity contribution is 0.0989. The van der Waals surface area contributed by atoms with Gasteiger partial charge in [0.1, 0.15) is 5.75 Å². The van der Waals surface area contributed by atoms with Gasteiger partial charge in [0, 0.05) is 22.7 Å². The van der Waals surface area contributed by atoms with Gasteiger partial charge in [0.05, 0.1) is 12.9 Å². The standard InChI is InChI=1S/C10H11ClO4S/c1-15-9-4-2-8(3-5-9)10(12)6-7-16(11,13)14/h2-5H,6-7H2,1H3. The van der Waals surface area contributed by atoms with E-state index in [1.807, 2.05) is 0 Å². The predicted octanol–water partition coefficient (Wildman–Crippen LogP) is 1.84. The highest BCUT2D eigenvalue weighted by atomic mass is 35.7. The molecule has 1 rings (SSSR count). The Labute approximate surface area is 98.6 Å². The molecule has 0 saturated heterocycles. The summed E-state index contributed by atoms with van der Waals surface area (Å²) in [5, 5.41) is 0. The first-order valence-corrected chi connectivity index (χ1v) is 7.00. The van der Waals surface area contributed by atoms with Crippen molar-refractivity contribution in [2.24, 2.45) is 0 Å². The maximum absolute atomic E-state index is 11.5. The molecule has 16 heavy (non-hydrogen) atoms. The van der Waals surface area contributed by atoms with Crippen molar-refractivity contribution in [2.45, 2.75) is 6.42 Å². The summed E-state index contributed by atoms with van der Waals surface area (Å²) in [6, 6.07) is 6.45. The quantitative estimate of drug-likeness (QED) is 0.600. The van der Waals surface area contributed by atoms with Gasteiger partial charge >= 0.3 is 0 Å². The maximum Gasteiger partial charge on any atom is 0.233 e. The smallest absolute Gasteiger partial charge is 0.233 e. The molecule has 0 saturated carbocycles. The first kappa shape index (κ1) is 13.0. The molecule has 0 aliphatic rings. The summed E-state index contributed by atoms with van der Waals surface area (Å²) < 4.78 is 26.3. The van der Waals surface area contributed by atoms with Crippen LogP contribution in [0.1, 0.15) is 16.8 Å². The number of ether oxygens (including phenoxy) is 1. The molecule has 0 aromatic heterocycles. The summed E-state index contributed by atoms with van der Waals surface area (Å²) in [6.07, 6.45) is -0.113. The van der Waals surface area contributed by atoms with Crippen molar-refractivity contribution in [2.75, 3.05) is 12.9 Å². The van der Waals surface area contributed by atoms with E-state index < -0.39 is 9.05 Å². The van der Waals surface area contributed by atoms with E-state index in [-0.39, 0.29) is 18.0 Å². The van der Waals surface area contributed by atoms with Crippen LogP contribution in [0.25, 0.3) is 0 Å². The Hall–Kier alpha value is -1.07. The number of methoxy groups -OCH3 is 1. The Morgan fingerprint density at radius 2 is 1.88 bits per heavy atom. The number of hydrogen-bond donors (Lipinski definition) is 0. The van der Waals surface area contributed by atoms with Crippen molar-refractivity contribution in [1.82, 2.24) is 0 Å². The zero-order valence-electron chi connectivity index (χ0n) is 8.64. The Morgan fingerprint density at radius 3 is 2.31 bits per heavy atom. The SMILES string of the molecule is COc1ccc(C(=O)CCS(=O)(=O)Cl)cc1. The minimum absolute atomic E-state index is 0.113. The number of benzene rings is 1. The third-order valence-corrected chi connectivity index (χ3v) is 3.14. The highest BCUT2D eigenvalue weighted by Crippen LogP contribution is 2.13. The molecule has 1 aromatic rings. The average molecular weight is 263 g/mol. The number of ketones is 1. The van der Waals surface area contributed by atoms with Gasteiger partial charge in [-0.15, -0.1) is 0 Å². The molecule has 0 N–H and O–H groups in total. The van der Waals surface area contributed by atoms with Gasteiger partial charge in [0.15, 0.2) is 5.78 Å². The van der Waals surface area contributed by atoms with Gasteiger partial charge in [-0.1, -0.05) is 0 Å². The van der Waals surface area contributed by atoms with Crippen LogP contribution < -0.4 is 4.74 Å². The Bertz CT molecular complexity index is 464. The van der Waals surface area contributed by atoms with Crippen LogP contribution in [-0.4, -0.2) is 27.1 Å². The van der Waals surface area contributed by atoms with E-state index in [0.29, 0.717) is 11.3 Å². The molecular weight excluding hydrogens is 252 g/mol. The zero-order valence-corrected chi connectivity index (χ0v) is 10.2. The molecule has 0 fully saturated rings. The van der Waals surface area contributed by atoms with Crippen molar-refractivity contribution < 1.29 is 17.9 Å². The fraction of sp³-hybridized carbons (Fsp3) is 0.300. The molecule has 1 aromatic carbocycles. The number of rotatable bonds is 5. The van der Waals surface area contributed by atoms with Crippen LogP contribution >= 0.6 is 10.7 Å². The van der Waals surface area contributed by atoms with Crippen LogP contribution in [0.4, 0.5) is 0 Å². The molecule has 0 aliphatic carbocycles. The summed E-state index contributed by atoms with van der Waals surface area (Å²) in [5.74, 6) is 0.0350. The van der Waals surface area contributed by atoms with Gasteiger partial charge in [0.25, 0.3) is 0 Å². The lowest BCUT2D eigenvalue weighted by Crippen LogP contribution is -2.06. The van der Waals surface area contributed by atoms with Gasteiger partial charge in [-0.2, -0.15) is 0 Å². The van der Waals surface area contributed by atoms with Gasteiger partial charge in [0.2, 0.25) is 9.05 Å². The first-order chi connectivity index (χ1) is 7.42. The van der Waals surface area contributed by atoms with Crippen LogP contribution in [-0.2, 0) is 9.05 Å². The molecular formula is C10H11ClO4S. The molecule has 0 unspecified atom stereocenters. The molecule has 6 heteroatoms. The van der Waals surface area contributed by atoms with Gasteiger partial charge in [-0.25, -0.2) is 8.42 Å². The van der Waals surface area contributed by atoms with Gasteiger partial charge in [-0.05, 0) is 24.3 Å². The lowest BCUT2D eigenvalue weighted by Gasteiger charge is -2.02. The van der Waals surface area contributed by atoms with Crippen molar-refractivity contribution in [1.29, 1.82) is 0 Å². The van der Waals surface area contributed by atoms with E-state index in [1.165, 1.54) is 7.11 Å². The van der Waals surface area contributed by atoms with Crippen LogP contribution in [0, 0.1) is 0 Å². The van der Waals surface area contributed by atoms with Crippen molar-refractivity contribution in [3.8, 4) is 5.75 Å². The fourth-order valence-electron chi connectivity index (χ4n) is 1.14. The summed E-state index contributed by atoms with van der Waals surface area (Å²) in [7, 11) is 2.92. The molecule has 0 spiro atoms.